The summed E-state index contributed by atoms with van der Waals surface area (Å²) in [6.07, 6.45) is 3.75. The molecule has 8 nitrogen and oxygen atoms in total. The molecule has 0 amide bonds. The third-order valence-electron chi connectivity index (χ3n) is 8.98. The van der Waals surface area contributed by atoms with Crippen molar-refractivity contribution in [3.8, 4) is 0 Å². The van der Waals surface area contributed by atoms with Crippen molar-refractivity contribution < 1.29 is 29.6 Å². The van der Waals surface area contributed by atoms with Crippen molar-refractivity contribution in [1.82, 2.24) is 9.97 Å². The van der Waals surface area contributed by atoms with Gasteiger partial charge in [-0.3, -0.25) is 4.79 Å². The second-order valence-corrected chi connectivity index (χ2v) is 11.7. The van der Waals surface area contributed by atoms with E-state index in [0.29, 0.717) is 16.5 Å². The molecular formula is C25H29BrN2O6. The summed E-state index contributed by atoms with van der Waals surface area (Å²) in [5, 5.41) is 34.0. The van der Waals surface area contributed by atoms with Crippen LogP contribution in [0, 0.1) is 34.5 Å². The molecule has 2 bridgehead atoms. The number of aliphatic hydroxyl groups is 3. The summed E-state index contributed by atoms with van der Waals surface area (Å²) in [5.41, 5.74) is -3.07. The molecule has 1 heterocycles. The zero-order chi connectivity index (χ0) is 24.8. The van der Waals surface area contributed by atoms with Crippen LogP contribution in [0.1, 0.15) is 44.6 Å². The predicted molar refractivity (Wildman–Crippen MR) is 124 cm³/mol. The SMILES string of the molecule is CC1=CC23C(=O)[C@@H](C=C(CO)[C@@H](O)[C@]2(O)[C@H]1OC(=O)c1ncncc1Br)[C@H]1[C@@H](CC3C)C1(C)C. The molecule has 0 radical (unpaired) electrons. The fraction of sp³-hybridized carbons (Fsp3) is 0.600. The van der Waals surface area contributed by atoms with Crippen LogP contribution < -0.4 is 0 Å². The van der Waals surface area contributed by atoms with Crippen LogP contribution in [0.4, 0.5) is 0 Å². The average Bonchev–Trinajstić information content (AvgIpc) is 3.28. The van der Waals surface area contributed by atoms with Gasteiger partial charge in [0.25, 0.3) is 0 Å². The Hall–Kier alpha value is -1.94. The predicted octanol–water partition coefficient (Wildman–Crippen LogP) is 2.23. The highest BCUT2D eigenvalue weighted by Crippen LogP contribution is 2.71. The van der Waals surface area contributed by atoms with Gasteiger partial charge in [0.2, 0.25) is 0 Å². The number of aromatic nitrogens is 2. The van der Waals surface area contributed by atoms with Crippen LogP contribution in [-0.4, -0.2) is 61.5 Å². The number of ketones is 1. The van der Waals surface area contributed by atoms with E-state index in [1.54, 1.807) is 19.1 Å². The molecule has 0 saturated heterocycles. The van der Waals surface area contributed by atoms with Crippen LogP contribution in [0.3, 0.4) is 0 Å². The molecule has 2 fully saturated rings. The minimum Gasteiger partial charge on any atom is -0.450 e. The molecule has 2 saturated carbocycles. The second kappa shape index (κ2) is 7.53. The van der Waals surface area contributed by atoms with E-state index in [1.165, 1.54) is 12.5 Å². The Balaban J connectivity index is 1.65. The zero-order valence-corrected chi connectivity index (χ0v) is 21.1. The maximum Gasteiger partial charge on any atom is 0.358 e. The van der Waals surface area contributed by atoms with E-state index >= 15 is 0 Å². The van der Waals surface area contributed by atoms with Gasteiger partial charge in [0.1, 0.15) is 12.4 Å². The molecule has 0 aromatic carbocycles. The van der Waals surface area contributed by atoms with Crippen LogP contribution in [-0.2, 0) is 9.53 Å². The first kappa shape index (κ1) is 23.8. The van der Waals surface area contributed by atoms with E-state index in [-0.39, 0.29) is 40.2 Å². The number of Topliss-reactive ketones (excluding diaryl/α,β-unsaturated/α-hetero) is 1. The number of rotatable bonds is 3. The van der Waals surface area contributed by atoms with Gasteiger partial charge in [0.05, 0.1) is 16.5 Å². The summed E-state index contributed by atoms with van der Waals surface area (Å²) in [6, 6.07) is 0. The molecule has 1 aromatic rings. The lowest BCUT2D eigenvalue weighted by atomic mass is 9.59. The molecule has 4 aliphatic rings. The highest BCUT2D eigenvalue weighted by Gasteiger charge is 2.76. The first-order valence-corrected chi connectivity index (χ1v) is 12.3. The van der Waals surface area contributed by atoms with E-state index in [1.807, 2.05) is 6.92 Å². The van der Waals surface area contributed by atoms with Crippen molar-refractivity contribution in [3.05, 3.63) is 46.0 Å². The van der Waals surface area contributed by atoms with Gasteiger partial charge in [0.15, 0.2) is 23.2 Å². The number of esters is 1. The summed E-state index contributed by atoms with van der Waals surface area (Å²) in [6.45, 7) is 7.36. The highest BCUT2D eigenvalue weighted by molar-refractivity contribution is 9.10. The summed E-state index contributed by atoms with van der Waals surface area (Å²) in [4.78, 5) is 35.2. The van der Waals surface area contributed by atoms with Crippen LogP contribution in [0.2, 0.25) is 0 Å². The van der Waals surface area contributed by atoms with E-state index in [2.05, 4.69) is 39.7 Å². The van der Waals surface area contributed by atoms with E-state index < -0.39 is 41.7 Å². The van der Waals surface area contributed by atoms with Gasteiger partial charge in [-0.25, -0.2) is 14.8 Å². The fourth-order valence-electron chi connectivity index (χ4n) is 7.22. The molecule has 34 heavy (non-hydrogen) atoms. The maximum atomic E-state index is 14.3. The molecule has 2 unspecified atom stereocenters. The topological polar surface area (TPSA) is 130 Å². The maximum absolute atomic E-state index is 14.3. The first-order valence-electron chi connectivity index (χ1n) is 11.5. The molecule has 4 aliphatic carbocycles. The molecule has 1 spiro atoms. The number of carbonyl (C=O) groups is 2. The summed E-state index contributed by atoms with van der Waals surface area (Å²) < 4.78 is 6.11. The van der Waals surface area contributed by atoms with Crippen LogP contribution in [0.5, 0.6) is 0 Å². The Morgan fingerprint density at radius 3 is 2.71 bits per heavy atom. The van der Waals surface area contributed by atoms with Crippen molar-refractivity contribution in [2.24, 2.45) is 34.5 Å². The molecule has 1 aromatic heterocycles. The van der Waals surface area contributed by atoms with Gasteiger partial charge in [-0.15, -0.1) is 0 Å². The molecule has 0 aliphatic heterocycles. The monoisotopic (exact) mass is 532 g/mol. The van der Waals surface area contributed by atoms with Gasteiger partial charge in [0, 0.05) is 12.1 Å². The standard InChI is InChI=1S/C25H29BrN2O6/c1-11-7-24-12(2)5-15-17(23(15,3)4)14(20(24)31)6-13(9-29)19(30)25(24,33)21(11)34-22(32)18-16(26)8-27-10-28-18/h6-8,10,12,14-15,17,19,21,29-30,33H,5,9H2,1-4H3/t12?,14-,15+,17-,19+,21-,24?,25-/m0/s1. The fourth-order valence-corrected chi connectivity index (χ4v) is 7.60. The normalized spacial score (nSPS) is 41.9. The van der Waals surface area contributed by atoms with E-state index in [9.17, 15) is 24.9 Å². The van der Waals surface area contributed by atoms with Gasteiger partial charge in [-0.1, -0.05) is 32.9 Å². The molecule has 3 N–H and O–H groups in total. The number of halogens is 1. The molecule has 182 valence electrons. The lowest BCUT2D eigenvalue weighted by Gasteiger charge is -2.48. The lowest BCUT2D eigenvalue weighted by molar-refractivity contribution is -0.190. The Bertz CT molecular complexity index is 1150. The minimum atomic E-state index is -2.17. The van der Waals surface area contributed by atoms with Crippen molar-refractivity contribution in [2.45, 2.75) is 51.9 Å². The van der Waals surface area contributed by atoms with Gasteiger partial charge < -0.3 is 20.1 Å². The number of hydrogen-bond donors (Lipinski definition) is 3. The third-order valence-corrected chi connectivity index (χ3v) is 9.56. The van der Waals surface area contributed by atoms with Gasteiger partial charge in [-0.05, 0) is 63.6 Å². The molecule has 5 rings (SSSR count). The Morgan fingerprint density at radius 1 is 1.35 bits per heavy atom. The van der Waals surface area contributed by atoms with Crippen molar-refractivity contribution in [3.63, 3.8) is 0 Å². The minimum absolute atomic E-state index is 0.0329. The number of hydrogen-bond acceptors (Lipinski definition) is 8. The van der Waals surface area contributed by atoms with Crippen LogP contribution in [0.15, 0.2) is 40.3 Å². The number of fused-ring (bicyclic) bond motifs is 3. The number of aliphatic hydroxyl groups excluding tert-OH is 2. The van der Waals surface area contributed by atoms with Crippen molar-refractivity contribution in [1.29, 1.82) is 0 Å². The highest BCUT2D eigenvalue weighted by atomic mass is 79.9. The van der Waals surface area contributed by atoms with E-state index in [0.717, 1.165) is 0 Å². The summed E-state index contributed by atoms with van der Waals surface area (Å²) >= 11 is 3.23. The average molecular weight is 533 g/mol. The van der Waals surface area contributed by atoms with E-state index in [4.69, 9.17) is 4.74 Å². The van der Waals surface area contributed by atoms with Crippen molar-refractivity contribution in [2.75, 3.05) is 6.61 Å². The lowest BCUT2D eigenvalue weighted by Crippen LogP contribution is -2.65. The Labute approximate surface area is 206 Å². The number of allylic oxidation sites excluding steroid dienone is 1. The Morgan fingerprint density at radius 2 is 2.06 bits per heavy atom. The number of carbonyl (C=O) groups excluding carboxylic acids is 2. The first-order chi connectivity index (χ1) is 15.9. The smallest absolute Gasteiger partial charge is 0.358 e. The quantitative estimate of drug-likeness (QED) is 0.399. The largest absolute Gasteiger partial charge is 0.450 e. The Kier molecular flexibility index (Phi) is 5.27. The zero-order valence-electron chi connectivity index (χ0n) is 19.5. The number of nitrogens with zero attached hydrogens (tertiary/aromatic N) is 2. The second-order valence-electron chi connectivity index (χ2n) is 10.9. The number of ether oxygens (including phenoxy) is 1. The molecule has 9 heteroatoms. The molecule has 8 atom stereocenters. The molecular weight excluding hydrogens is 504 g/mol. The van der Waals surface area contributed by atoms with Crippen LogP contribution >= 0.6 is 15.9 Å². The van der Waals surface area contributed by atoms with Crippen molar-refractivity contribution >= 4 is 27.7 Å². The van der Waals surface area contributed by atoms with Gasteiger partial charge >= 0.3 is 5.97 Å². The summed E-state index contributed by atoms with van der Waals surface area (Å²) in [7, 11) is 0. The van der Waals surface area contributed by atoms with Crippen LogP contribution in [0.25, 0.3) is 0 Å². The van der Waals surface area contributed by atoms with Gasteiger partial charge in [-0.2, -0.15) is 0 Å². The summed E-state index contributed by atoms with van der Waals surface area (Å²) in [5.74, 6) is -1.55. The third kappa shape index (κ3) is 2.81.